The molecule has 0 spiro atoms. The third-order valence-electron chi connectivity index (χ3n) is 1.16. The van der Waals surface area contributed by atoms with E-state index in [0.29, 0.717) is 0 Å². The summed E-state index contributed by atoms with van der Waals surface area (Å²) in [6.07, 6.45) is 4.00. The van der Waals surface area contributed by atoms with Crippen LogP contribution in [0.25, 0.3) is 0 Å². The fourth-order valence-electron chi connectivity index (χ4n) is 0.673. The van der Waals surface area contributed by atoms with E-state index in [-0.39, 0.29) is 10.9 Å². The van der Waals surface area contributed by atoms with Gasteiger partial charge in [-0.1, -0.05) is 11.8 Å². The Balaban J connectivity index is 2.31. The van der Waals surface area contributed by atoms with Gasteiger partial charge in [-0.3, -0.25) is 0 Å². The van der Waals surface area contributed by atoms with Crippen LogP contribution in [-0.4, -0.2) is 25.1 Å². The zero-order valence-corrected chi connectivity index (χ0v) is 6.35. The normalized spacial score (nSPS) is 33.6. The van der Waals surface area contributed by atoms with Crippen molar-refractivity contribution in [1.82, 2.24) is 0 Å². The molecule has 2 nitrogen and oxygen atoms in total. The topological polar surface area (TPSA) is 18.5 Å². The Kier molecular flexibility index (Phi) is 2.57. The van der Waals surface area contributed by atoms with Crippen molar-refractivity contribution in [2.24, 2.45) is 0 Å². The number of methoxy groups -OCH3 is 2. The Morgan fingerprint density at radius 3 is 1.78 bits per heavy atom. The average molecular weight is 146 g/mol. The highest BCUT2D eigenvalue weighted by molar-refractivity contribution is 8.00. The largest absolute Gasteiger partial charge is 0.367 e. The van der Waals surface area contributed by atoms with Gasteiger partial charge in [-0.05, 0) is 12.2 Å². The van der Waals surface area contributed by atoms with Gasteiger partial charge in [0.05, 0.1) is 0 Å². The van der Waals surface area contributed by atoms with Crippen LogP contribution in [0.1, 0.15) is 0 Å². The van der Waals surface area contributed by atoms with Gasteiger partial charge >= 0.3 is 0 Å². The van der Waals surface area contributed by atoms with Gasteiger partial charge in [0.15, 0.2) is 0 Å². The van der Waals surface area contributed by atoms with Crippen LogP contribution in [0.3, 0.4) is 0 Å². The molecule has 0 aliphatic carbocycles. The van der Waals surface area contributed by atoms with Crippen LogP contribution in [0.5, 0.6) is 0 Å². The number of rotatable bonds is 2. The molecular weight excluding hydrogens is 136 g/mol. The maximum absolute atomic E-state index is 5.04. The van der Waals surface area contributed by atoms with Crippen molar-refractivity contribution in [2.75, 3.05) is 14.2 Å². The highest BCUT2D eigenvalue weighted by Gasteiger charge is 2.17. The lowest BCUT2D eigenvalue weighted by atomic mass is 10.5. The van der Waals surface area contributed by atoms with Crippen LogP contribution in [-0.2, 0) is 9.47 Å². The zero-order valence-electron chi connectivity index (χ0n) is 5.53. The predicted octanol–water partition coefficient (Wildman–Crippen LogP) is 1.23. The van der Waals surface area contributed by atoms with Crippen LogP contribution in [0.4, 0.5) is 0 Å². The monoisotopic (exact) mass is 146 g/mol. The molecule has 9 heavy (non-hydrogen) atoms. The molecule has 0 aromatic rings. The van der Waals surface area contributed by atoms with E-state index in [1.165, 1.54) is 0 Å². The van der Waals surface area contributed by atoms with Crippen LogP contribution < -0.4 is 0 Å². The Morgan fingerprint density at radius 1 is 1.11 bits per heavy atom. The molecule has 1 aliphatic rings. The molecular formula is C6H10O2S. The van der Waals surface area contributed by atoms with E-state index in [1.807, 2.05) is 12.2 Å². The van der Waals surface area contributed by atoms with Crippen molar-refractivity contribution in [3.63, 3.8) is 0 Å². The van der Waals surface area contributed by atoms with E-state index in [0.717, 1.165) is 0 Å². The zero-order chi connectivity index (χ0) is 6.69. The number of thioether (sulfide) groups is 1. The van der Waals surface area contributed by atoms with E-state index in [4.69, 9.17) is 9.47 Å². The van der Waals surface area contributed by atoms with Crippen molar-refractivity contribution in [3.05, 3.63) is 12.2 Å². The fourth-order valence-corrected chi connectivity index (χ4v) is 1.52. The van der Waals surface area contributed by atoms with Crippen molar-refractivity contribution in [1.29, 1.82) is 0 Å². The smallest absolute Gasteiger partial charge is 0.123 e. The number of hydrogen-bond donors (Lipinski definition) is 0. The SMILES string of the molecule is COC1C=CC(OC)S1. The minimum Gasteiger partial charge on any atom is -0.367 e. The highest BCUT2D eigenvalue weighted by Crippen LogP contribution is 2.27. The van der Waals surface area contributed by atoms with E-state index >= 15 is 0 Å². The minimum atomic E-state index is 0.190. The maximum atomic E-state index is 5.04. The third kappa shape index (κ3) is 1.71. The molecule has 2 unspecified atom stereocenters. The maximum Gasteiger partial charge on any atom is 0.123 e. The summed E-state index contributed by atoms with van der Waals surface area (Å²) in [5, 5.41) is 0. The molecule has 0 saturated heterocycles. The summed E-state index contributed by atoms with van der Waals surface area (Å²) in [5.74, 6) is 0. The molecule has 0 radical (unpaired) electrons. The highest BCUT2D eigenvalue weighted by atomic mass is 32.2. The Hall–Kier alpha value is 0.01000. The Bertz CT molecular complexity index is 102. The summed E-state index contributed by atoms with van der Waals surface area (Å²) in [7, 11) is 3.39. The third-order valence-corrected chi connectivity index (χ3v) is 2.39. The second kappa shape index (κ2) is 3.25. The lowest BCUT2D eigenvalue weighted by Gasteiger charge is -2.07. The van der Waals surface area contributed by atoms with Crippen molar-refractivity contribution >= 4 is 11.8 Å². The van der Waals surface area contributed by atoms with Gasteiger partial charge in [-0.15, -0.1) is 0 Å². The molecule has 0 N–H and O–H groups in total. The van der Waals surface area contributed by atoms with Crippen molar-refractivity contribution in [3.8, 4) is 0 Å². The lowest BCUT2D eigenvalue weighted by molar-refractivity contribution is 0.198. The van der Waals surface area contributed by atoms with E-state index < -0.39 is 0 Å². The van der Waals surface area contributed by atoms with Crippen LogP contribution in [0.15, 0.2) is 12.2 Å². The summed E-state index contributed by atoms with van der Waals surface area (Å²) in [6.45, 7) is 0. The quantitative estimate of drug-likeness (QED) is 0.546. The first-order valence-corrected chi connectivity index (χ1v) is 3.70. The Labute approximate surface area is 59.2 Å². The first-order chi connectivity index (χ1) is 4.36. The molecule has 52 valence electrons. The van der Waals surface area contributed by atoms with E-state index in [9.17, 15) is 0 Å². The van der Waals surface area contributed by atoms with Gasteiger partial charge in [-0.2, -0.15) is 0 Å². The van der Waals surface area contributed by atoms with Crippen molar-refractivity contribution < 1.29 is 9.47 Å². The number of ether oxygens (including phenoxy) is 2. The van der Waals surface area contributed by atoms with Crippen LogP contribution in [0.2, 0.25) is 0 Å². The minimum absolute atomic E-state index is 0.190. The molecule has 1 heterocycles. The average Bonchev–Trinajstić information content (AvgIpc) is 2.34. The molecule has 0 fully saturated rings. The number of hydrogen-bond acceptors (Lipinski definition) is 3. The molecule has 0 saturated carbocycles. The predicted molar refractivity (Wildman–Crippen MR) is 38.3 cm³/mol. The molecule has 1 rings (SSSR count). The molecule has 0 aromatic carbocycles. The summed E-state index contributed by atoms with van der Waals surface area (Å²) < 4.78 is 10.1. The Morgan fingerprint density at radius 2 is 1.56 bits per heavy atom. The molecule has 0 aromatic heterocycles. The summed E-state index contributed by atoms with van der Waals surface area (Å²) in [5.41, 5.74) is 0.380. The molecule has 3 heteroatoms. The van der Waals surface area contributed by atoms with Gasteiger partial charge in [0.1, 0.15) is 10.9 Å². The molecule has 2 atom stereocenters. The summed E-state index contributed by atoms with van der Waals surface area (Å²) >= 11 is 1.66. The van der Waals surface area contributed by atoms with Gasteiger partial charge in [0.25, 0.3) is 0 Å². The summed E-state index contributed by atoms with van der Waals surface area (Å²) in [6, 6.07) is 0. The van der Waals surface area contributed by atoms with E-state index in [1.54, 1.807) is 26.0 Å². The van der Waals surface area contributed by atoms with Gasteiger partial charge in [-0.25, -0.2) is 0 Å². The lowest BCUT2D eigenvalue weighted by Crippen LogP contribution is -2.02. The second-order valence-corrected chi connectivity index (χ2v) is 2.93. The second-order valence-electron chi connectivity index (χ2n) is 1.73. The molecule has 0 amide bonds. The fraction of sp³-hybridized carbons (Fsp3) is 0.667. The van der Waals surface area contributed by atoms with Crippen molar-refractivity contribution in [2.45, 2.75) is 10.9 Å². The van der Waals surface area contributed by atoms with Crippen LogP contribution in [0, 0.1) is 0 Å². The summed E-state index contributed by atoms with van der Waals surface area (Å²) in [4.78, 5) is 0. The van der Waals surface area contributed by atoms with Crippen LogP contribution >= 0.6 is 11.8 Å². The van der Waals surface area contributed by atoms with Gasteiger partial charge in [0, 0.05) is 14.2 Å². The molecule has 0 bridgehead atoms. The van der Waals surface area contributed by atoms with Gasteiger partial charge < -0.3 is 9.47 Å². The first kappa shape index (κ1) is 7.12. The first-order valence-electron chi connectivity index (χ1n) is 2.76. The molecule has 1 aliphatic heterocycles. The standard InChI is InChI=1S/C6H10O2S/c1-7-5-3-4-6(8-2)9-5/h3-6H,1-2H3. The van der Waals surface area contributed by atoms with Gasteiger partial charge in [0.2, 0.25) is 0 Å². The van der Waals surface area contributed by atoms with E-state index in [2.05, 4.69) is 0 Å².